The number of methoxy groups -OCH3 is 1. The van der Waals surface area contributed by atoms with E-state index < -0.39 is 11.9 Å². The summed E-state index contributed by atoms with van der Waals surface area (Å²) >= 11 is 0. The lowest BCUT2D eigenvalue weighted by Crippen LogP contribution is -2.44. The number of halogens is 1. The molecule has 0 bridgehead atoms. The summed E-state index contributed by atoms with van der Waals surface area (Å²) in [7, 11) is 1.41. The molecule has 1 amide bonds. The van der Waals surface area contributed by atoms with Crippen LogP contribution >= 0.6 is 0 Å². The fourth-order valence-electron chi connectivity index (χ4n) is 2.78. The van der Waals surface area contributed by atoms with Crippen LogP contribution in [0, 0.1) is 5.82 Å². The van der Waals surface area contributed by atoms with Crippen molar-refractivity contribution in [1.82, 2.24) is 0 Å². The maximum absolute atomic E-state index is 14.0. The highest BCUT2D eigenvalue weighted by Crippen LogP contribution is 2.26. The van der Waals surface area contributed by atoms with E-state index in [0.29, 0.717) is 12.3 Å². The van der Waals surface area contributed by atoms with Crippen molar-refractivity contribution in [2.45, 2.75) is 51.9 Å². The summed E-state index contributed by atoms with van der Waals surface area (Å²) < 4.78 is 30.1. The predicted molar refractivity (Wildman–Crippen MR) is 90.0 cm³/mol. The molecule has 0 saturated carbocycles. The maximum Gasteiger partial charge on any atom is 0.256 e. The highest BCUT2D eigenvalue weighted by Gasteiger charge is 2.27. The Morgan fingerprint density at radius 1 is 1.42 bits per heavy atom. The smallest absolute Gasteiger partial charge is 0.256 e. The summed E-state index contributed by atoms with van der Waals surface area (Å²) in [6.07, 6.45) is 1.42. The average molecular weight is 339 g/mol. The molecule has 0 aliphatic carbocycles. The first-order valence-electron chi connectivity index (χ1n) is 8.33. The normalized spacial score (nSPS) is 18.7. The third-order valence-corrected chi connectivity index (χ3v) is 4.07. The molecule has 2 atom stereocenters. The van der Waals surface area contributed by atoms with Crippen LogP contribution in [0.5, 0.6) is 5.75 Å². The Morgan fingerprint density at radius 3 is 2.71 bits per heavy atom. The Labute approximate surface area is 142 Å². The van der Waals surface area contributed by atoms with Crippen molar-refractivity contribution in [1.29, 1.82) is 0 Å². The van der Waals surface area contributed by atoms with Crippen LogP contribution < -0.4 is 9.64 Å². The third-order valence-electron chi connectivity index (χ3n) is 4.07. The van der Waals surface area contributed by atoms with Gasteiger partial charge >= 0.3 is 0 Å². The van der Waals surface area contributed by atoms with E-state index in [0.717, 1.165) is 19.4 Å². The number of amides is 1. The number of carbonyl (C=O) groups is 1. The van der Waals surface area contributed by atoms with Gasteiger partial charge in [0.05, 0.1) is 19.8 Å². The zero-order valence-electron chi connectivity index (χ0n) is 14.8. The van der Waals surface area contributed by atoms with Gasteiger partial charge in [0.1, 0.15) is 6.10 Å². The number of rotatable bonds is 7. The van der Waals surface area contributed by atoms with E-state index in [-0.39, 0.29) is 23.8 Å². The zero-order chi connectivity index (χ0) is 17.7. The molecule has 1 aromatic carbocycles. The molecule has 0 spiro atoms. The molecule has 5 nitrogen and oxygen atoms in total. The first-order valence-corrected chi connectivity index (χ1v) is 8.33. The lowest BCUT2D eigenvalue weighted by atomic mass is 10.2. The molecule has 24 heavy (non-hydrogen) atoms. The topological polar surface area (TPSA) is 48.0 Å². The van der Waals surface area contributed by atoms with E-state index >= 15 is 0 Å². The summed E-state index contributed by atoms with van der Waals surface area (Å²) in [4.78, 5) is 14.3. The molecular weight excluding hydrogens is 313 g/mol. The first kappa shape index (κ1) is 18.7. The fraction of sp³-hybridized carbons (Fsp3) is 0.611. The van der Waals surface area contributed by atoms with Crippen molar-refractivity contribution in [3.8, 4) is 5.75 Å². The highest BCUT2D eigenvalue weighted by atomic mass is 19.1. The standard InChI is InChI=1S/C18H26FNO4/c1-12(2)20(14-7-8-17(22-4)16(19)10-14)18(21)13(3)24-11-15-6-5-9-23-15/h7-8,10,12-13,15H,5-6,9,11H2,1-4H3/t13-,15+/m1/s1. The Hall–Kier alpha value is -1.66. The van der Waals surface area contributed by atoms with E-state index in [1.807, 2.05) is 13.8 Å². The Balaban J connectivity index is 2.07. The van der Waals surface area contributed by atoms with Crippen molar-refractivity contribution >= 4 is 11.6 Å². The number of benzene rings is 1. The molecule has 1 fully saturated rings. The molecule has 1 heterocycles. The van der Waals surface area contributed by atoms with Crippen molar-refractivity contribution in [2.75, 3.05) is 25.2 Å². The quantitative estimate of drug-likeness (QED) is 0.766. The second-order valence-corrected chi connectivity index (χ2v) is 6.23. The van der Waals surface area contributed by atoms with Gasteiger partial charge in [-0.1, -0.05) is 0 Å². The van der Waals surface area contributed by atoms with E-state index in [4.69, 9.17) is 14.2 Å². The lowest BCUT2D eigenvalue weighted by molar-refractivity contribution is -0.131. The van der Waals surface area contributed by atoms with Crippen LogP contribution in [-0.2, 0) is 14.3 Å². The fourth-order valence-corrected chi connectivity index (χ4v) is 2.78. The van der Waals surface area contributed by atoms with Gasteiger partial charge in [-0.3, -0.25) is 4.79 Å². The summed E-state index contributed by atoms with van der Waals surface area (Å²) in [5, 5.41) is 0. The Kier molecular flexibility index (Phi) is 6.57. The second kappa shape index (κ2) is 8.44. The molecule has 0 radical (unpaired) electrons. The van der Waals surface area contributed by atoms with Crippen LogP contribution in [0.4, 0.5) is 10.1 Å². The number of ether oxygens (including phenoxy) is 3. The molecule has 1 aliphatic heterocycles. The summed E-state index contributed by atoms with van der Waals surface area (Å²) in [6.45, 7) is 6.63. The molecule has 6 heteroatoms. The van der Waals surface area contributed by atoms with Crippen LogP contribution in [-0.4, -0.2) is 44.5 Å². The predicted octanol–water partition coefficient (Wildman–Crippen LogP) is 3.16. The number of carbonyl (C=O) groups excluding carboxylic acids is 1. The number of nitrogens with zero attached hydrogens (tertiary/aromatic N) is 1. The minimum Gasteiger partial charge on any atom is -0.494 e. The van der Waals surface area contributed by atoms with Crippen molar-refractivity contribution in [3.05, 3.63) is 24.0 Å². The van der Waals surface area contributed by atoms with Gasteiger partial charge in [-0.2, -0.15) is 0 Å². The van der Waals surface area contributed by atoms with Gasteiger partial charge < -0.3 is 19.1 Å². The van der Waals surface area contributed by atoms with Gasteiger partial charge in [0.15, 0.2) is 11.6 Å². The minimum atomic E-state index is -0.623. The van der Waals surface area contributed by atoms with Crippen LogP contribution in [0.1, 0.15) is 33.6 Å². The van der Waals surface area contributed by atoms with Gasteiger partial charge in [0.2, 0.25) is 0 Å². The first-order chi connectivity index (χ1) is 11.4. The lowest BCUT2D eigenvalue weighted by Gasteiger charge is -2.30. The van der Waals surface area contributed by atoms with Crippen LogP contribution in [0.25, 0.3) is 0 Å². The van der Waals surface area contributed by atoms with Crippen molar-refractivity contribution in [3.63, 3.8) is 0 Å². The molecule has 0 N–H and O–H groups in total. The molecule has 2 rings (SSSR count). The SMILES string of the molecule is COc1ccc(N(C(=O)[C@@H](C)OC[C@@H]2CCCO2)C(C)C)cc1F. The largest absolute Gasteiger partial charge is 0.494 e. The van der Waals surface area contributed by atoms with Gasteiger partial charge in [-0.25, -0.2) is 4.39 Å². The third kappa shape index (κ3) is 4.45. The van der Waals surface area contributed by atoms with Crippen LogP contribution in [0.3, 0.4) is 0 Å². The molecule has 0 aromatic heterocycles. The number of anilines is 1. The Morgan fingerprint density at radius 2 is 2.17 bits per heavy atom. The zero-order valence-corrected chi connectivity index (χ0v) is 14.8. The van der Waals surface area contributed by atoms with E-state index in [9.17, 15) is 9.18 Å². The Bertz CT molecular complexity index is 558. The molecule has 134 valence electrons. The van der Waals surface area contributed by atoms with E-state index in [2.05, 4.69) is 0 Å². The molecule has 0 unspecified atom stereocenters. The molecule has 1 aromatic rings. The van der Waals surface area contributed by atoms with Gasteiger partial charge in [0.25, 0.3) is 5.91 Å². The van der Waals surface area contributed by atoms with Gasteiger partial charge in [-0.05, 0) is 45.7 Å². The maximum atomic E-state index is 14.0. The average Bonchev–Trinajstić information content (AvgIpc) is 3.06. The second-order valence-electron chi connectivity index (χ2n) is 6.23. The summed E-state index contributed by atoms with van der Waals surface area (Å²) in [5.74, 6) is -0.550. The number of hydrogen-bond acceptors (Lipinski definition) is 4. The van der Waals surface area contributed by atoms with Crippen molar-refractivity contribution < 1.29 is 23.4 Å². The molecule has 1 saturated heterocycles. The minimum absolute atomic E-state index is 0.0613. The van der Waals surface area contributed by atoms with Crippen LogP contribution in [0.15, 0.2) is 18.2 Å². The van der Waals surface area contributed by atoms with Gasteiger partial charge in [-0.15, -0.1) is 0 Å². The summed E-state index contributed by atoms with van der Waals surface area (Å²) in [5.41, 5.74) is 0.487. The van der Waals surface area contributed by atoms with E-state index in [1.54, 1.807) is 17.9 Å². The van der Waals surface area contributed by atoms with Crippen LogP contribution in [0.2, 0.25) is 0 Å². The molecule has 1 aliphatic rings. The van der Waals surface area contributed by atoms with Gasteiger partial charge in [0, 0.05) is 24.4 Å². The number of hydrogen-bond donors (Lipinski definition) is 0. The molecular formula is C18H26FNO4. The summed E-state index contributed by atoms with van der Waals surface area (Å²) in [6, 6.07) is 4.38. The highest BCUT2D eigenvalue weighted by molar-refractivity contribution is 5.96. The van der Waals surface area contributed by atoms with Crippen molar-refractivity contribution in [2.24, 2.45) is 0 Å². The monoisotopic (exact) mass is 339 g/mol. The van der Waals surface area contributed by atoms with E-state index in [1.165, 1.54) is 19.2 Å².